The molecule has 0 aromatic heterocycles. The number of amides is 2. The van der Waals surface area contributed by atoms with Gasteiger partial charge in [-0.1, -0.05) is 42.5 Å². The van der Waals surface area contributed by atoms with Crippen LogP contribution < -0.4 is 5.32 Å². The zero-order valence-corrected chi connectivity index (χ0v) is 19.9. The summed E-state index contributed by atoms with van der Waals surface area (Å²) in [5, 5.41) is 13.5. The lowest BCUT2D eigenvalue weighted by molar-refractivity contribution is -0.707. The third-order valence-corrected chi connectivity index (χ3v) is 6.17. The largest absolute Gasteiger partial charge is 0.508 e. The fourth-order valence-electron chi connectivity index (χ4n) is 4.20. The SMILES string of the molecule is CN1CCC(C(C(=O)NCc2ccccc2)N(CCC(F)(F)F)C(=O)CCc2ccc(O)cc2)[N+]1=O. The van der Waals surface area contributed by atoms with Gasteiger partial charge in [0.2, 0.25) is 11.8 Å². The molecule has 3 rings (SSSR count). The summed E-state index contributed by atoms with van der Waals surface area (Å²) in [5.74, 6) is -1.29. The second kappa shape index (κ2) is 11.9. The molecule has 2 unspecified atom stereocenters. The molecule has 2 amide bonds. The van der Waals surface area contributed by atoms with Crippen molar-refractivity contribution in [1.82, 2.24) is 15.2 Å². The topological polar surface area (TPSA) is 93.0 Å². The van der Waals surface area contributed by atoms with E-state index in [2.05, 4.69) is 5.32 Å². The molecule has 0 bridgehead atoms. The number of carbonyl (C=O) groups excluding carboxylic acids is 2. The summed E-state index contributed by atoms with van der Waals surface area (Å²) in [5.41, 5.74) is 1.47. The highest BCUT2D eigenvalue weighted by atomic mass is 19.4. The zero-order valence-electron chi connectivity index (χ0n) is 19.9. The van der Waals surface area contributed by atoms with E-state index in [9.17, 15) is 32.8 Å². The van der Waals surface area contributed by atoms with Gasteiger partial charge < -0.3 is 15.3 Å². The van der Waals surface area contributed by atoms with Crippen LogP contribution in [0.3, 0.4) is 0 Å². The lowest BCUT2D eigenvalue weighted by Crippen LogP contribution is -2.58. The Morgan fingerprint density at radius 1 is 1.14 bits per heavy atom. The van der Waals surface area contributed by atoms with Gasteiger partial charge in [0.25, 0.3) is 6.04 Å². The van der Waals surface area contributed by atoms with E-state index in [0.717, 1.165) is 10.5 Å². The number of phenols is 1. The maximum Gasteiger partial charge on any atom is 0.390 e. The monoisotopic (exact) mass is 507 g/mol. The van der Waals surface area contributed by atoms with Gasteiger partial charge in [-0.15, -0.1) is 5.01 Å². The second-order valence-corrected chi connectivity index (χ2v) is 8.81. The molecule has 0 spiro atoms. The number of hydrazine groups is 1. The number of rotatable bonds is 10. The highest BCUT2D eigenvalue weighted by Crippen LogP contribution is 2.25. The van der Waals surface area contributed by atoms with Gasteiger partial charge in [-0.3, -0.25) is 9.59 Å². The average Bonchev–Trinajstić information content (AvgIpc) is 3.17. The normalized spacial score (nSPS) is 16.6. The third kappa shape index (κ3) is 7.43. The molecule has 8 nitrogen and oxygen atoms in total. The molecule has 1 fully saturated rings. The van der Waals surface area contributed by atoms with E-state index < -0.39 is 43.0 Å². The summed E-state index contributed by atoms with van der Waals surface area (Å²) >= 11 is 0. The number of aromatic hydroxyl groups is 1. The molecule has 0 radical (unpaired) electrons. The molecule has 1 heterocycles. The van der Waals surface area contributed by atoms with Crippen molar-refractivity contribution in [2.45, 2.75) is 50.5 Å². The Morgan fingerprint density at radius 2 is 1.81 bits per heavy atom. The summed E-state index contributed by atoms with van der Waals surface area (Å²) in [6, 6.07) is 12.6. The Morgan fingerprint density at radius 3 is 2.39 bits per heavy atom. The fraction of sp³-hybridized carbons (Fsp3) is 0.440. The Kier molecular flexibility index (Phi) is 8.89. The van der Waals surface area contributed by atoms with Gasteiger partial charge in [0, 0.05) is 25.9 Å². The minimum absolute atomic E-state index is 0.0490. The van der Waals surface area contributed by atoms with Gasteiger partial charge in [0.15, 0.2) is 6.04 Å². The zero-order chi connectivity index (χ0) is 26.3. The maximum absolute atomic E-state index is 13.3. The molecule has 0 aliphatic carbocycles. The van der Waals surface area contributed by atoms with Crippen LogP contribution in [-0.2, 0) is 22.6 Å². The molecule has 2 aromatic rings. The predicted octanol–water partition coefficient (Wildman–Crippen LogP) is 3.19. The van der Waals surface area contributed by atoms with E-state index in [1.54, 1.807) is 36.4 Å². The van der Waals surface area contributed by atoms with E-state index in [1.165, 1.54) is 24.2 Å². The lowest BCUT2D eigenvalue weighted by atomic mass is 10.0. The number of nitrogens with one attached hydrogen (secondary N) is 1. The first-order chi connectivity index (χ1) is 17.0. The molecule has 2 aromatic carbocycles. The minimum Gasteiger partial charge on any atom is -0.508 e. The number of carbonyl (C=O) groups is 2. The van der Waals surface area contributed by atoms with E-state index in [4.69, 9.17) is 0 Å². The van der Waals surface area contributed by atoms with Gasteiger partial charge in [-0.05, 0) is 29.7 Å². The molecule has 1 aliphatic heterocycles. The van der Waals surface area contributed by atoms with Crippen molar-refractivity contribution >= 4 is 11.8 Å². The summed E-state index contributed by atoms with van der Waals surface area (Å²) in [6.07, 6.45) is -5.60. The highest BCUT2D eigenvalue weighted by Gasteiger charge is 2.51. The number of phenolic OH excluding ortho intramolecular Hbond substituents is 1. The Bertz CT molecular complexity index is 1050. The Hall–Kier alpha value is -3.63. The number of hydrogen-bond donors (Lipinski definition) is 2. The average molecular weight is 508 g/mol. The molecule has 36 heavy (non-hydrogen) atoms. The molecule has 0 saturated carbocycles. The fourth-order valence-corrected chi connectivity index (χ4v) is 4.20. The van der Waals surface area contributed by atoms with Crippen LogP contribution in [0.25, 0.3) is 0 Å². The van der Waals surface area contributed by atoms with Crippen LogP contribution in [0.2, 0.25) is 0 Å². The van der Waals surface area contributed by atoms with Crippen molar-refractivity contribution in [2.75, 3.05) is 20.1 Å². The number of nitroso groups, excluding NO2 is 1. The number of hydrogen-bond acceptors (Lipinski definition) is 4. The van der Waals surface area contributed by atoms with Crippen LogP contribution >= 0.6 is 0 Å². The number of alkyl halides is 3. The van der Waals surface area contributed by atoms with Crippen molar-refractivity contribution in [3.8, 4) is 5.75 Å². The summed E-state index contributed by atoms with van der Waals surface area (Å²) in [7, 11) is 1.53. The van der Waals surface area contributed by atoms with Crippen LogP contribution in [0.4, 0.5) is 13.2 Å². The third-order valence-electron chi connectivity index (χ3n) is 6.17. The van der Waals surface area contributed by atoms with E-state index in [1.807, 2.05) is 6.07 Å². The molecular formula is C25H30F3N4O4+. The first-order valence-corrected chi connectivity index (χ1v) is 11.7. The van der Waals surface area contributed by atoms with Crippen LogP contribution in [0, 0.1) is 4.91 Å². The molecule has 1 saturated heterocycles. The lowest BCUT2D eigenvalue weighted by Gasteiger charge is -2.31. The summed E-state index contributed by atoms with van der Waals surface area (Å²) in [4.78, 5) is 40.8. The molecule has 194 valence electrons. The van der Waals surface area contributed by atoms with E-state index in [-0.39, 0.29) is 31.6 Å². The summed E-state index contributed by atoms with van der Waals surface area (Å²) in [6.45, 7) is -0.326. The number of aryl methyl sites for hydroxylation is 1. The minimum atomic E-state index is -4.55. The van der Waals surface area contributed by atoms with Gasteiger partial charge in [0.1, 0.15) is 10.6 Å². The summed E-state index contributed by atoms with van der Waals surface area (Å²) < 4.78 is 39.5. The van der Waals surface area contributed by atoms with Gasteiger partial charge in [0.05, 0.1) is 24.9 Å². The Labute approximate surface area is 207 Å². The smallest absolute Gasteiger partial charge is 0.390 e. The van der Waals surface area contributed by atoms with Crippen LogP contribution in [0.1, 0.15) is 30.4 Å². The first-order valence-electron chi connectivity index (χ1n) is 11.7. The second-order valence-electron chi connectivity index (χ2n) is 8.81. The molecule has 2 atom stereocenters. The maximum atomic E-state index is 13.3. The number of nitrogens with zero attached hydrogens (tertiary/aromatic N) is 3. The number of benzene rings is 2. The number of halogens is 3. The van der Waals surface area contributed by atoms with Gasteiger partial charge >= 0.3 is 6.18 Å². The van der Waals surface area contributed by atoms with Crippen LogP contribution in [0.15, 0.2) is 54.6 Å². The van der Waals surface area contributed by atoms with Crippen molar-refractivity contribution < 1.29 is 32.7 Å². The highest BCUT2D eigenvalue weighted by molar-refractivity contribution is 5.88. The van der Waals surface area contributed by atoms with Gasteiger partial charge in [-0.2, -0.15) is 13.2 Å². The molecule has 1 aliphatic rings. The van der Waals surface area contributed by atoms with Crippen molar-refractivity contribution in [3.05, 3.63) is 70.6 Å². The van der Waals surface area contributed by atoms with Gasteiger partial charge in [-0.25, -0.2) is 0 Å². The Balaban J connectivity index is 1.85. The van der Waals surface area contributed by atoms with Crippen molar-refractivity contribution in [2.24, 2.45) is 0 Å². The van der Waals surface area contributed by atoms with E-state index in [0.29, 0.717) is 17.0 Å². The van der Waals surface area contributed by atoms with Crippen molar-refractivity contribution in [3.63, 3.8) is 0 Å². The standard InChI is InChI=1S/C25H29F3N4O4/c1-30-15-13-21(32(30)36)23(24(35)29-17-19-5-3-2-4-6-19)31(16-14-25(26,27)28)22(34)12-9-18-7-10-20(33)11-8-18/h2-8,10-11,21,23H,9,12-17H2,1H3,(H-,29,33,35)/p+1. The molecule has 2 N–H and O–H groups in total. The quantitative estimate of drug-likeness (QED) is 0.482. The van der Waals surface area contributed by atoms with Crippen LogP contribution in [0.5, 0.6) is 5.75 Å². The molecular weight excluding hydrogens is 477 g/mol. The first kappa shape index (κ1) is 27.0. The predicted molar refractivity (Wildman–Crippen MR) is 126 cm³/mol. The molecule has 11 heteroatoms. The van der Waals surface area contributed by atoms with Crippen molar-refractivity contribution in [1.29, 1.82) is 0 Å². The van der Waals surface area contributed by atoms with Crippen LogP contribution in [-0.4, -0.2) is 70.1 Å². The van der Waals surface area contributed by atoms with E-state index >= 15 is 0 Å².